The number of hydrogen-bond donors (Lipinski definition) is 1. The van der Waals surface area contributed by atoms with Gasteiger partial charge in [-0.3, -0.25) is 4.79 Å². The highest BCUT2D eigenvalue weighted by molar-refractivity contribution is 5.90. The number of nitrogens with two attached hydrogens (primary N) is 1. The van der Waals surface area contributed by atoms with Gasteiger partial charge in [0.1, 0.15) is 0 Å². The molecule has 21 heavy (non-hydrogen) atoms. The maximum absolute atomic E-state index is 13.4. The van der Waals surface area contributed by atoms with Crippen LogP contribution < -0.4 is 5.73 Å². The zero-order chi connectivity index (χ0) is 15.9. The number of carbonyl (C=O) groups is 1. The zero-order valence-electron chi connectivity index (χ0n) is 11.5. The van der Waals surface area contributed by atoms with Gasteiger partial charge in [-0.25, -0.2) is 0 Å². The highest BCUT2D eigenvalue weighted by atomic mass is 19.4. The standard InChI is InChI=1S/C15H18F3NO2/c1-2-3-9-14(13(20)10-19,15(16,17)18)21-11-12-7-5-4-6-8-12/h2,4-8H,1,3,9-11,19H2. The van der Waals surface area contributed by atoms with Crippen LogP contribution in [0.2, 0.25) is 0 Å². The van der Waals surface area contributed by atoms with Crippen LogP contribution in [0.4, 0.5) is 13.2 Å². The molecule has 0 saturated carbocycles. The lowest BCUT2D eigenvalue weighted by molar-refractivity contribution is -0.271. The molecular weight excluding hydrogens is 283 g/mol. The van der Waals surface area contributed by atoms with Crippen molar-refractivity contribution in [2.24, 2.45) is 5.73 Å². The molecule has 0 heterocycles. The summed E-state index contributed by atoms with van der Waals surface area (Å²) in [7, 11) is 0. The van der Waals surface area contributed by atoms with Gasteiger partial charge in [-0.1, -0.05) is 36.4 Å². The van der Waals surface area contributed by atoms with Gasteiger partial charge in [0.25, 0.3) is 0 Å². The van der Waals surface area contributed by atoms with Crippen LogP contribution in [0.25, 0.3) is 0 Å². The number of allylic oxidation sites excluding steroid dienone is 1. The number of rotatable bonds is 8. The summed E-state index contributed by atoms with van der Waals surface area (Å²) in [6.07, 6.45) is -4.04. The van der Waals surface area contributed by atoms with Gasteiger partial charge in [-0.05, 0) is 18.4 Å². The molecule has 0 spiro atoms. The zero-order valence-corrected chi connectivity index (χ0v) is 11.5. The summed E-state index contributed by atoms with van der Waals surface area (Å²) in [6.45, 7) is 2.34. The Bertz CT molecular complexity index is 474. The average Bonchev–Trinajstić information content (AvgIpc) is 2.46. The van der Waals surface area contributed by atoms with E-state index in [0.29, 0.717) is 5.56 Å². The van der Waals surface area contributed by atoms with Crippen LogP contribution in [0.1, 0.15) is 18.4 Å². The summed E-state index contributed by atoms with van der Waals surface area (Å²) in [5, 5.41) is 0. The number of carbonyl (C=O) groups excluding carboxylic acids is 1. The van der Waals surface area contributed by atoms with E-state index >= 15 is 0 Å². The van der Waals surface area contributed by atoms with Crippen molar-refractivity contribution >= 4 is 5.78 Å². The topological polar surface area (TPSA) is 52.3 Å². The van der Waals surface area contributed by atoms with Crippen LogP contribution in [0.15, 0.2) is 43.0 Å². The Morgan fingerprint density at radius 1 is 1.29 bits per heavy atom. The van der Waals surface area contributed by atoms with Crippen molar-refractivity contribution in [3.63, 3.8) is 0 Å². The number of benzene rings is 1. The Balaban J connectivity index is 3.03. The number of Topliss-reactive ketones (excluding diaryl/α,β-unsaturated/α-hetero) is 1. The molecule has 2 N–H and O–H groups in total. The highest BCUT2D eigenvalue weighted by Gasteiger charge is 2.60. The Morgan fingerprint density at radius 3 is 2.38 bits per heavy atom. The normalized spacial score (nSPS) is 14.5. The lowest BCUT2D eigenvalue weighted by Gasteiger charge is -2.34. The van der Waals surface area contributed by atoms with Crippen LogP contribution in [-0.4, -0.2) is 24.1 Å². The second-order valence-corrected chi connectivity index (χ2v) is 4.55. The van der Waals surface area contributed by atoms with Crippen molar-refractivity contribution in [3.8, 4) is 0 Å². The molecule has 0 amide bonds. The number of ketones is 1. The third-order valence-electron chi connectivity index (χ3n) is 3.12. The van der Waals surface area contributed by atoms with E-state index in [0.717, 1.165) is 0 Å². The molecule has 0 bridgehead atoms. The molecule has 1 rings (SSSR count). The van der Waals surface area contributed by atoms with E-state index < -0.39 is 30.5 Å². The summed E-state index contributed by atoms with van der Waals surface area (Å²) < 4.78 is 45.2. The van der Waals surface area contributed by atoms with Crippen LogP contribution in [0, 0.1) is 0 Å². The van der Waals surface area contributed by atoms with Crippen molar-refractivity contribution in [1.29, 1.82) is 0 Å². The van der Waals surface area contributed by atoms with Gasteiger partial charge in [0.15, 0.2) is 5.78 Å². The fourth-order valence-corrected chi connectivity index (χ4v) is 1.92. The van der Waals surface area contributed by atoms with Gasteiger partial charge in [-0.2, -0.15) is 13.2 Å². The molecule has 0 saturated heterocycles. The fraction of sp³-hybridized carbons (Fsp3) is 0.400. The predicted octanol–water partition coefficient (Wildman–Crippen LogP) is 3.00. The first kappa shape index (κ1) is 17.4. The minimum atomic E-state index is -4.83. The SMILES string of the molecule is C=CCCC(OCc1ccccc1)(C(=O)CN)C(F)(F)F. The molecule has 1 unspecified atom stereocenters. The summed E-state index contributed by atoms with van der Waals surface area (Å²) in [5.74, 6) is -1.17. The Labute approximate surface area is 121 Å². The summed E-state index contributed by atoms with van der Waals surface area (Å²) in [6, 6.07) is 8.36. The molecule has 1 aromatic rings. The largest absolute Gasteiger partial charge is 0.424 e. The maximum atomic E-state index is 13.4. The van der Waals surface area contributed by atoms with E-state index in [4.69, 9.17) is 10.5 Å². The van der Waals surface area contributed by atoms with Gasteiger partial charge in [0, 0.05) is 0 Å². The van der Waals surface area contributed by atoms with Crippen LogP contribution in [-0.2, 0) is 16.1 Å². The summed E-state index contributed by atoms with van der Waals surface area (Å²) in [5.41, 5.74) is 2.81. The van der Waals surface area contributed by atoms with Gasteiger partial charge >= 0.3 is 6.18 Å². The fourth-order valence-electron chi connectivity index (χ4n) is 1.92. The summed E-state index contributed by atoms with van der Waals surface area (Å²) >= 11 is 0. The second kappa shape index (κ2) is 7.38. The van der Waals surface area contributed by atoms with Gasteiger partial charge in [-0.15, -0.1) is 6.58 Å². The van der Waals surface area contributed by atoms with Crippen LogP contribution in [0.5, 0.6) is 0 Å². The molecule has 1 atom stereocenters. The lowest BCUT2D eigenvalue weighted by atomic mass is 9.91. The number of alkyl halides is 3. The molecule has 116 valence electrons. The first-order chi connectivity index (χ1) is 9.87. The van der Waals surface area contributed by atoms with E-state index in [1.807, 2.05) is 0 Å². The first-order valence-electron chi connectivity index (χ1n) is 6.46. The molecule has 0 aliphatic rings. The Morgan fingerprint density at radius 2 is 1.90 bits per heavy atom. The minimum Gasteiger partial charge on any atom is -0.354 e. The predicted molar refractivity (Wildman–Crippen MR) is 73.5 cm³/mol. The van der Waals surface area contributed by atoms with Crippen LogP contribution in [0.3, 0.4) is 0 Å². The second-order valence-electron chi connectivity index (χ2n) is 4.55. The first-order valence-corrected chi connectivity index (χ1v) is 6.46. The monoisotopic (exact) mass is 301 g/mol. The number of ether oxygens (including phenoxy) is 1. The smallest absolute Gasteiger partial charge is 0.354 e. The quantitative estimate of drug-likeness (QED) is 0.751. The van der Waals surface area contributed by atoms with E-state index in [9.17, 15) is 18.0 Å². The maximum Gasteiger partial charge on any atom is 0.424 e. The van der Waals surface area contributed by atoms with E-state index in [1.165, 1.54) is 6.08 Å². The van der Waals surface area contributed by atoms with Crippen molar-refractivity contribution in [2.75, 3.05) is 6.54 Å². The molecule has 0 aromatic heterocycles. The molecule has 3 nitrogen and oxygen atoms in total. The van der Waals surface area contributed by atoms with Crippen molar-refractivity contribution in [1.82, 2.24) is 0 Å². The number of halogens is 3. The lowest BCUT2D eigenvalue weighted by Crippen LogP contribution is -2.56. The van der Waals surface area contributed by atoms with Gasteiger partial charge in [0.2, 0.25) is 5.60 Å². The van der Waals surface area contributed by atoms with Crippen LogP contribution >= 0.6 is 0 Å². The third-order valence-corrected chi connectivity index (χ3v) is 3.12. The molecule has 0 aliphatic carbocycles. The van der Waals surface area contributed by atoms with Gasteiger partial charge in [0.05, 0.1) is 13.2 Å². The van der Waals surface area contributed by atoms with Gasteiger partial charge < -0.3 is 10.5 Å². The number of hydrogen-bond acceptors (Lipinski definition) is 3. The van der Waals surface area contributed by atoms with E-state index in [2.05, 4.69) is 6.58 Å². The molecule has 1 aromatic carbocycles. The van der Waals surface area contributed by atoms with Crippen molar-refractivity contribution in [3.05, 3.63) is 48.6 Å². The van der Waals surface area contributed by atoms with E-state index in [1.54, 1.807) is 30.3 Å². The summed E-state index contributed by atoms with van der Waals surface area (Å²) in [4.78, 5) is 11.8. The third kappa shape index (κ3) is 4.15. The van der Waals surface area contributed by atoms with Crippen molar-refractivity contribution < 1.29 is 22.7 Å². The molecule has 6 heteroatoms. The highest BCUT2D eigenvalue weighted by Crippen LogP contribution is 2.39. The van der Waals surface area contributed by atoms with Crippen molar-refractivity contribution in [2.45, 2.75) is 31.2 Å². The van der Waals surface area contributed by atoms with E-state index in [-0.39, 0.29) is 13.0 Å². The molecule has 0 fully saturated rings. The molecular formula is C15H18F3NO2. The molecule has 0 aliphatic heterocycles. The Hall–Kier alpha value is -1.66. The Kier molecular flexibility index (Phi) is 6.11. The molecule has 0 radical (unpaired) electrons. The minimum absolute atomic E-state index is 0.0000394. The average molecular weight is 301 g/mol.